The molecule has 2 aliphatic rings. The predicted molar refractivity (Wildman–Crippen MR) is 135 cm³/mol. The van der Waals surface area contributed by atoms with Crippen LogP contribution in [0.1, 0.15) is 23.4 Å². The van der Waals surface area contributed by atoms with Crippen LogP contribution in [-0.4, -0.2) is 71.6 Å². The van der Waals surface area contributed by atoms with E-state index in [1.807, 2.05) is 54.3 Å². The van der Waals surface area contributed by atoms with E-state index in [4.69, 9.17) is 9.26 Å². The Morgan fingerprint density at radius 3 is 2.47 bits per heavy atom. The van der Waals surface area contributed by atoms with Gasteiger partial charge in [-0.15, -0.1) is 0 Å². The van der Waals surface area contributed by atoms with Gasteiger partial charge in [0.05, 0.1) is 13.7 Å². The largest absolute Gasteiger partial charge is 0.497 e. The smallest absolute Gasteiger partial charge is 0.241 e. The molecular formula is C27H31N5O4. The maximum absolute atomic E-state index is 13.2. The van der Waals surface area contributed by atoms with E-state index in [1.165, 1.54) is 5.56 Å². The van der Waals surface area contributed by atoms with Gasteiger partial charge in [-0.25, -0.2) is 0 Å². The Labute approximate surface area is 210 Å². The molecule has 2 aromatic carbocycles. The molecule has 5 rings (SSSR count). The topological polar surface area (TPSA) is 92.0 Å². The van der Waals surface area contributed by atoms with E-state index in [-0.39, 0.29) is 11.8 Å². The van der Waals surface area contributed by atoms with Crippen LogP contribution in [-0.2, 0) is 16.1 Å². The number of carbonyl (C=O) groups excluding carboxylic acids is 2. The highest BCUT2D eigenvalue weighted by atomic mass is 16.5. The molecule has 2 aliphatic heterocycles. The van der Waals surface area contributed by atoms with Crippen LogP contribution in [0.25, 0.3) is 11.4 Å². The molecule has 3 aromatic rings. The lowest BCUT2D eigenvalue weighted by molar-refractivity contribution is -0.141. The van der Waals surface area contributed by atoms with Crippen molar-refractivity contribution in [1.82, 2.24) is 19.9 Å². The first kappa shape index (κ1) is 24.0. The number of benzene rings is 2. The Balaban J connectivity index is 1.14. The van der Waals surface area contributed by atoms with E-state index in [0.717, 1.165) is 22.6 Å². The first-order chi connectivity index (χ1) is 17.4. The maximum Gasteiger partial charge on any atom is 0.241 e. The maximum atomic E-state index is 13.2. The zero-order valence-electron chi connectivity index (χ0n) is 20.9. The number of methoxy groups -OCH3 is 1. The fourth-order valence-corrected chi connectivity index (χ4v) is 4.77. The highest BCUT2D eigenvalue weighted by molar-refractivity contribution is 6.09. The molecule has 188 valence electrons. The lowest BCUT2D eigenvalue weighted by Crippen LogP contribution is -2.51. The number of rotatable bonds is 6. The molecule has 1 atom stereocenters. The van der Waals surface area contributed by atoms with Gasteiger partial charge in [-0.2, -0.15) is 4.98 Å². The fourth-order valence-electron chi connectivity index (χ4n) is 4.77. The van der Waals surface area contributed by atoms with E-state index < -0.39 is 5.92 Å². The lowest BCUT2D eigenvalue weighted by atomic mass is 10.1. The number of hydrogen-bond acceptors (Lipinski definition) is 7. The van der Waals surface area contributed by atoms with Crippen molar-refractivity contribution in [3.63, 3.8) is 0 Å². The predicted octanol–water partition coefficient (Wildman–Crippen LogP) is 3.06. The number of carbonyl (C=O) groups is 2. The van der Waals surface area contributed by atoms with Crippen LogP contribution in [0, 0.1) is 19.8 Å². The van der Waals surface area contributed by atoms with E-state index in [2.05, 4.69) is 22.0 Å². The van der Waals surface area contributed by atoms with Gasteiger partial charge in [0.25, 0.3) is 0 Å². The number of amides is 2. The second-order valence-corrected chi connectivity index (χ2v) is 9.44. The zero-order chi connectivity index (χ0) is 25.2. The molecule has 2 amide bonds. The summed E-state index contributed by atoms with van der Waals surface area (Å²) in [6, 6.07) is 13.5. The third-order valence-electron chi connectivity index (χ3n) is 7.16. The second kappa shape index (κ2) is 10.1. The number of ether oxygens (including phenoxy) is 1. The minimum absolute atomic E-state index is 0.0643. The molecule has 0 spiro atoms. The van der Waals surface area contributed by atoms with Crippen LogP contribution < -0.4 is 9.64 Å². The van der Waals surface area contributed by atoms with Crippen LogP contribution in [0.3, 0.4) is 0 Å². The third kappa shape index (κ3) is 4.83. The van der Waals surface area contributed by atoms with E-state index in [0.29, 0.717) is 57.4 Å². The van der Waals surface area contributed by atoms with Crippen molar-refractivity contribution in [2.24, 2.45) is 5.92 Å². The van der Waals surface area contributed by atoms with Gasteiger partial charge in [-0.05, 0) is 67.8 Å². The third-order valence-corrected chi connectivity index (χ3v) is 7.16. The van der Waals surface area contributed by atoms with Crippen LogP contribution >= 0.6 is 0 Å². The Morgan fingerprint density at radius 1 is 1.03 bits per heavy atom. The first-order valence-corrected chi connectivity index (χ1v) is 12.3. The Hall–Kier alpha value is -3.72. The summed E-state index contributed by atoms with van der Waals surface area (Å²) in [5.74, 6) is 1.09. The van der Waals surface area contributed by atoms with Crippen molar-refractivity contribution in [2.45, 2.75) is 26.8 Å². The summed E-state index contributed by atoms with van der Waals surface area (Å²) in [7, 11) is 1.63. The lowest BCUT2D eigenvalue weighted by Gasteiger charge is -2.35. The van der Waals surface area contributed by atoms with Crippen LogP contribution in [0.15, 0.2) is 47.0 Å². The summed E-state index contributed by atoms with van der Waals surface area (Å²) in [6.45, 7) is 7.71. The summed E-state index contributed by atoms with van der Waals surface area (Å²) >= 11 is 0. The quantitative estimate of drug-likeness (QED) is 0.492. The zero-order valence-corrected chi connectivity index (χ0v) is 20.9. The summed E-state index contributed by atoms with van der Waals surface area (Å²) < 4.78 is 10.6. The molecule has 0 bridgehead atoms. The van der Waals surface area contributed by atoms with Crippen molar-refractivity contribution in [3.8, 4) is 17.1 Å². The molecule has 2 saturated heterocycles. The standard InChI is InChI=1S/C27H31N5O4/c1-18-4-7-21(16-19(18)2)32-11-10-23(27(32)34)26(33)31-14-12-30(13-15-31)17-24-28-25(29-36-24)20-5-8-22(35-3)9-6-20/h4-9,16,23H,10-15,17H2,1-3H3. The highest BCUT2D eigenvalue weighted by Gasteiger charge is 2.40. The molecule has 3 heterocycles. The number of piperazine rings is 1. The average molecular weight is 490 g/mol. The van der Waals surface area contributed by atoms with Gasteiger partial charge in [0.15, 0.2) is 0 Å². The summed E-state index contributed by atoms with van der Waals surface area (Å²) in [5, 5.41) is 4.09. The van der Waals surface area contributed by atoms with Crippen LogP contribution in [0.4, 0.5) is 5.69 Å². The van der Waals surface area contributed by atoms with Crippen molar-refractivity contribution >= 4 is 17.5 Å². The van der Waals surface area contributed by atoms with Gasteiger partial charge in [-0.1, -0.05) is 11.2 Å². The van der Waals surface area contributed by atoms with Crippen molar-refractivity contribution in [3.05, 3.63) is 59.5 Å². The normalized spacial score (nSPS) is 18.6. The number of anilines is 1. The SMILES string of the molecule is COc1ccc(-c2noc(CN3CCN(C(=O)C4CCN(c5ccc(C)c(C)c5)C4=O)CC3)n2)cc1. The number of hydrogen-bond donors (Lipinski definition) is 0. The molecule has 0 radical (unpaired) electrons. The van der Waals surface area contributed by atoms with E-state index >= 15 is 0 Å². The van der Waals surface area contributed by atoms with Gasteiger partial charge < -0.3 is 19.1 Å². The Bertz CT molecular complexity index is 1250. The minimum Gasteiger partial charge on any atom is -0.497 e. The number of aryl methyl sites for hydroxylation is 2. The molecule has 1 unspecified atom stereocenters. The van der Waals surface area contributed by atoms with Gasteiger partial charge in [0, 0.05) is 44.0 Å². The van der Waals surface area contributed by atoms with Crippen LogP contribution in [0.5, 0.6) is 5.75 Å². The van der Waals surface area contributed by atoms with Crippen molar-refractivity contribution < 1.29 is 18.8 Å². The summed E-state index contributed by atoms with van der Waals surface area (Å²) in [4.78, 5) is 36.5. The second-order valence-electron chi connectivity index (χ2n) is 9.44. The molecule has 9 nitrogen and oxygen atoms in total. The first-order valence-electron chi connectivity index (χ1n) is 12.3. The average Bonchev–Trinajstić information content (AvgIpc) is 3.52. The molecule has 0 saturated carbocycles. The van der Waals surface area contributed by atoms with Crippen molar-refractivity contribution in [2.75, 3.05) is 44.7 Å². The number of aromatic nitrogens is 2. The molecule has 0 aliphatic carbocycles. The summed E-state index contributed by atoms with van der Waals surface area (Å²) in [5.41, 5.74) is 4.06. The molecule has 9 heteroatoms. The molecule has 0 N–H and O–H groups in total. The fraction of sp³-hybridized carbons (Fsp3) is 0.407. The number of nitrogens with zero attached hydrogens (tertiary/aromatic N) is 5. The van der Waals surface area contributed by atoms with Crippen molar-refractivity contribution in [1.29, 1.82) is 0 Å². The molecule has 36 heavy (non-hydrogen) atoms. The van der Waals surface area contributed by atoms with Crippen LogP contribution in [0.2, 0.25) is 0 Å². The molecule has 2 fully saturated rings. The monoisotopic (exact) mass is 489 g/mol. The summed E-state index contributed by atoms with van der Waals surface area (Å²) in [6.07, 6.45) is 0.556. The molecular weight excluding hydrogens is 458 g/mol. The Morgan fingerprint density at radius 2 is 1.78 bits per heavy atom. The Kier molecular flexibility index (Phi) is 6.73. The van der Waals surface area contributed by atoms with E-state index in [9.17, 15) is 9.59 Å². The van der Waals surface area contributed by atoms with Gasteiger partial charge in [-0.3, -0.25) is 14.5 Å². The van der Waals surface area contributed by atoms with Gasteiger partial charge in [0.2, 0.25) is 23.5 Å². The minimum atomic E-state index is -0.596. The van der Waals surface area contributed by atoms with Gasteiger partial charge >= 0.3 is 0 Å². The van der Waals surface area contributed by atoms with E-state index in [1.54, 1.807) is 12.0 Å². The molecule has 1 aromatic heterocycles. The highest BCUT2D eigenvalue weighted by Crippen LogP contribution is 2.28. The van der Waals surface area contributed by atoms with Gasteiger partial charge in [0.1, 0.15) is 11.7 Å².